The number of amides is 1. The minimum Gasteiger partial charge on any atom is -0.376 e. The third-order valence-corrected chi connectivity index (χ3v) is 3.06. The number of carbonyl (C=O) groups is 1. The van der Waals surface area contributed by atoms with E-state index in [2.05, 4.69) is 5.32 Å². The highest BCUT2D eigenvalue weighted by Gasteiger charge is 2.15. The van der Waals surface area contributed by atoms with Crippen LogP contribution in [0.15, 0.2) is 30.3 Å². The van der Waals surface area contributed by atoms with Gasteiger partial charge in [-0.1, -0.05) is 0 Å². The SMILES string of the molecule is O=C(/C=C/c1ccc([N+](=O)[O-])cc1)NC[C@H]1CCCO1. The Bertz CT molecular complexity index is 504. The molecule has 1 fully saturated rings. The summed E-state index contributed by atoms with van der Waals surface area (Å²) in [4.78, 5) is 21.6. The molecule has 0 unspecified atom stereocenters. The Hall–Kier alpha value is -2.21. The standard InChI is InChI=1S/C14H16N2O4/c17-14(15-10-13-2-1-9-20-13)8-5-11-3-6-12(7-4-11)16(18)19/h3-8,13H,1-2,9-10H2,(H,15,17)/b8-5+/t13-/m1/s1. The van der Waals surface area contributed by atoms with Gasteiger partial charge in [-0.2, -0.15) is 0 Å². The Morgan fingerprint density at radius 2 is 2.20 bits per heavy atom. The molecule has 1 aromatic carbocycles. The number of nitrogens with one attached hydrogen (secondary N) is 1. The molecule has 0 aliphatic carbocycles. The van der Waals surface area contributed by atoms with Crippen molar-refractivity contribution in [2.75, 3.05) is 13.2 Å². The molecule has 0 radical (unpaired) electrons. The van der Waals surface area contributed by atoms with Gasteiger partial charge in [-0.25, -0.2) is 0 Å². The molecule has 106 valence electrons. The van der Waals surface area contributed by atoms with Gasteiger partial charge < -0.3 is 10.1 Å². The quantitative estimate of drug-likeness (QED) is 0.506. The zero-order chi connectivity index (χ0) is 14.4. The number of carbonyl (C=O) groups excluding carboxylic acids is 1. The van der Waals surface area contributed by atoms with Crippen molar-refractivity contribution in [3.05, 3.63) is 46.0 Å². The number of hydrogen-bond acceptors (Lipinski definition) is 4. The van der Waals surface area contributed by atoms with Crippen molar-refractivity contribution in [3.8, 4) is 0 Å². The first kappa shape index (κ1) is 14.2. The van der Waals surface area contributed by atoms with Crippen LogP contribution < -0.4 is 5.32 Å². The van der Waals surface area contributed by atoms with E-state index < -0.39 is 4.92 Å². The van der Waals surface area contributed by atoms with Crippen molar-refractivity contribution in [2.45, 2.75) is 18.9 Å². The largest absolute Gasteiger partial charge is 0.376 e. The molecule has 0 saturated carbocycles. The molecule has 1 aliphatic rings. The fourth-order valence-corrected chi connectivity index (χ4v) is 1.96. The average Bonchev–Trinajstić information content (AvgIpc) is 2.96. The van der Waals surface area contributed by atoms with E-state index in [1.807, 2.05) is 0 Å². The normalized spacial score (nSPS) is 18.3. The van der Waals surface area contributed by atoms with Crippen molar-refractivity contribution in [2.24, 2.45) is 0 Å². The molecular formula is C14H16N2O4. The average molecular weight is 276 g/mol. The molecule has 1 heterocycles. The molecule has 2 rings (SSSR count). The highest BCUT2D eigenvalue weighted by molar-refractivity contribution is 5.91. The first-order chi connectivity index (χ1) is 9.65. The summed E-state index contributed by atoms with van der Waals surface area (Å²) in [6.07, 6.45) is 5.17. The van der Waals surface area contributed by atoms with E-state index in [1.54, 1.807) is 18.2 Å². The number of rotatable bonds is 5. The first-order valence-corrected chi connectivity index (χ1v) is 6.47. The van der Waals surface area contributed by atoms with Crippen LogP contribution >= 0.6 is 0 Å². The lowest BCUT2D eigenvalue weighted by molar-refractivity contribution is -0.384. The summed E-state index contributed by atoms with van der Waals surface area (Å²) in [5.41, 5.74) is 0.771. The molecule has 1 N–H and O–H groups in total. The number of benzene rings is 1. The van der Waals surface area contributed by atoms with Gasteiger partial charge in [0.1, 0.15) is 0 Å². The van der Waals surface area contributed by atoms with Crippen LogP contribution in [0.5, 0.6) is 0 Å². The number of nitro benzene ring substituents is 1. The third kappa shape index (κ3) is 4.17. The van der Waals surface area contributed by atoms with E-state index in [-0.39, 0.29) is 17.7 Å². The zero-order valence-electron chi connectivity index (χ0n) is 11.0. The van der Waals surface area contributed by atoms with Gasteiger partial charge in [0.15, 0.2) is 0 Å². The first-order valence-electron chi connectivity index (χ1n) is 6.47. The number of nitro groups is 1. The van der Waals surface area contributed by atoms with Crippen molar-refractivity contribution in [3.63, 3.8) is 0 Å². The van der Waals surface area contributed by atoms with Crippen LogP contribution in [-0.4, -0.2) is 30.1 Å². The molecule has 1 atom stereocenters. The summed E-state index contributed by atoms with van der Waals surface area (Å²) >= 11 is 0. The van der Waals surface area contributed by atoms with Gasteiger partial charge in [0.05, 0.1) is 11.0 Å². The Morgan fingerprint density at radius 1 is 1.45 bits per heavy atom. The predicted molar refractivity (Wildman–Crippen MR) is 74.1 cm³/mol. The predicted octanol–water partition coefficient (Wildman–Crippen LogP) is 1.90. The number of non-ortho nitro benzene ring substituents is 1. The Kier molecular flexibility index (Phi) is 4.84. The highest BCUT2D eigenvalue weighted by Crippen LogP contribution is 2.13. The van der Waals surface area contributed by atoms with E-state index in [4.69, 9.17) is 4.74 Å². The molecule has 6 heteroatoms. The van der Waals surface area contributed by atoms with Crippen LogP contribution in [0.2, 0.25) is 0 Å². The molecule has 0 aromatic heterocycles. The molecule has 1 amide bonds. The second-order valence-electron chi connectivity index (χ2n) is 4.56. The number of nitrogens with zero attached hydrogens (tertiary/aromatic N) is 1. The fraction of sp³-hybridized carbons (Fsp3) is 0.357. The summed E-state index contributed by atoms with van der Waals surface area (Å²) in [5.74, 6) is -0.196. The molecular weight excluding hydrogens is 260 g/mol. The highest BCUT2D eigenvalue weighted by atomic mass is 16.6. The molecule has 1 saturated heterocycles. The number of ether oxygens (including phenoxy) is 1. The minimum absolute atomic E-state index is 0.0324. The van der Waals surface area contributed by atoms with Crippen molar-refractivity contribution < 1.29 is 14.5 Å². The van der Waals surface area contributed by atoms with Crippen LogP contribution in [0, 0.1) is 10.1 Å². The molecule has 6 nitrogen and oxygen atoms in total. The van der Waals surface area contributed by atoms with E-state index in [1.165, 1.54) is 18.2 Å². The zero-order valence-corrected chi connectivity index (χ0v) is 11.0. The molecule has 0 bridgehead atoms. The van der Waals surface area contributed by atoms with Crippen molar-refractivity contribution in [1.82, 2.24) is 5.32 Å². The molecule has 20 heavy (non-hydrogen) atoms. The minimum atomic E-state index is -0.457. The maximum atomic E-state index is 11.6. The van der Waals surface area contributed by atoms with Gasteiger partial charge in [0.2, 0.25) is 5.91 Å². The summed E-state index contributed by atoms with van der Waals surface area (Å²) in [7, 11) is 0. The van der Waals surface area contributed by atoms with Crippen LogP contribution in [0.3, 0.4) is 0 Å². The van der Waals surface area contributed by atoms with E-state index >= 15 is 0 Å². The Labute approximate surface area is 116 Å². The van der Waals surface area contributed by atoms with E-state index in [0.717, 1.165) is 25.0 Å². The van der Waals surface area contributed by atoms with Crippen LogP contribution in [0.1, 0.15) is 18.4 Å². The van der Waals surface area contributed by atoms with Crippen molar-refractivity contribution >= 4 is 17.7 Å². The van der Waals surface area contributed by atoms with Gasteiger partial charge >= 0.3 is 0 Å². The van der Waals surface area contributed by atoms with Crippen LogP contribution in [0.4, 0.5) is 5.69 Å². The summed E-state index contributed by atoms with van der Waals surface area (Å²) in [5, 5.41) is 13.3. The van der Waals surface area contributed by atoms with Gasteiger partial charge in [0, 0.05) is 31.4 Å². The fourth-order valence-electron chi connectivity index (χ4n) is 1.96. The van der Waals surface area contributed by atoms with Crippen molar-refractivity contribution in [1.29, 1.82) is 0 Å². The monoisotopic (exact) mass is 276 g/mol. The summed E-state index contributed by atoms with van der Waals surface area (Å²) in [6.45, 7) is 1.28. The lowest BCUT2D eigenvalue weighted by Gasteiger charge is -2.08. The second-order valence-corrected chi connectivity index (χ2v) is 4.56. The van der Waals surface area contributed by atoms with Gasteiger partial charge in [0.25, 0.3) is 5.69 Å². The van der Waals surface area contributed by atoms with Crippen LogP contribution in [-0.2, 0) is 9.53 Å². The molecule has 0 spiro atoms. The third-order valence-electron chi connectivity index (χ3n) is 3.06. The van der Waals surface area contributed by atoms with Gasteiger partial charge in [-0.05, 0) is 36.6 Å². The Morgan fingerprint density at radius 3 is 2.80 bits per heavy atom. The second kappa shape index (κ2) is 6.81. The number of hydrogen-bond donors (Lipinski definition) is 1. The smallest absolute Gasteiger partial charge is 0.269 e. The maximum absolute atomic E-state index is 11.6. The summed E-state index contributed by atoms with van der Waals surface area (Å²) < 4.78 is 5.40. The lowest BCUT2D eigenvalue weighted by atomic mass is 10.2. The summed E-state index contributed by atoms with van der Waals surface area (Å²) in [6, 6.07) is 6.01. The topological polar surface area (TPSA) is 81.5 Å². The lowest BCUT2D eigenvalue weighted by Crippen LogP contribution is -2.30. The maximum Gasteiger partial charge on any atom is 0.269 e. The van der Waals surface area contributed by atoms with Gasteiger partial charge in [-0.3, -0.25) is 14.9 Å². The molecule has 1 aliphatic heterocycles. The molecule has 1 aromatic rings. The van der Waals surface area contributed by atoms with Crippen LogP contribution in [0.25, 0.3) is 6.08 Å². The van der Waals surface area contributed by atoms with E-state index in [9.17, 15) is 14.9 Å². The van der Waals surface area contributed by atoms with Gasteiger partial charge in [-0.15, -0.1) is 0 Å². The van der Waals surface area contributed by atoms with E-state index in [0.29, 0.717) is 6.54 Å². The Balaban J connectivity index is 1.81.